The van der Waals surface area contributed by atoms with Crippen LogP contribution in [-0.2, 0) is 17.8 Å². The fourth-order valence-electron chi connectivity index (χ4n) is 2.59. The number of amides is 1. The number of carbonyl (C=O) groups excluding carboxylic acids is 1. The minimum atomic E-state index is 0.183. The molecule has 20 heavy (non-hydrogen) atoms. The first-order valence-corrected chi connectivity index (χ1v) is 7.60. The topological polar surface area (TPSA) is 34.0 Å². The molecule has 1 amide bonds. The van der Waals surface area contributed by atoms with Crippen molar-refractivity contribution < 1.29 is 4.79 Å². The van der Waals surface area contributed by atoms with Gasteiger partial charge in [0.2, 0.25) is 5.91 Å². The molecule has 0 saturated heterocycles. The molecule has 0 aliphatic heterocycles. The number of benzene rings is 1. The first kappa shape index (κ1) is 13.2. The fraction of sp³-hybridized carbons (Fsp3) is 0.471. The van der Waals surface area contributed by atoms with Crippen molar-refractivity contribution in [2.75, 3.05) is 6.54 Å². The Morgan fingerprint density at radius 2 is 2.20 bits per heavy atom. The van der Waals surface area contributed by atoms with Gasteiger partial charge in [-0.15, -0.1) is 0 Å². The SMILES string of the molecule is CCn1ccc2ccc(CCC(=O)NCC3CC3)cc21. The molecule has 1 aliphatic rings. The molecule has 1 fully saturated rings. The number of nitrogens with one attached hydrogen (secondary N) is 1. The van der Waals surface area contributed by atoms with Crippen LogP contribution in [0.1, 0.15) is 31.7 Å². The average Bonchev–Trinajstić information content (AvgIpc) is 3.21. The van der Waals surface area contributed by atoms with E-state index in [1.54, 1.807) is 0 Å². The molecule has 2 aromatic rings. The number of aromatic nitrogens is 1. The summed E-state index contributed by atoms with van der Waals surface area (Å²) < 4.78 is 2.24. The van der Waals surface area contributed by atoms with Crippen molar-refractivity contribution in [1.82, 2.24) is 9.88 Å². The Kier molecular flexibility index (Phi) is 3.77. The zero-order chi connectivity index (χ0) is 13.9. The van der Waals surface area contributed by atoms with Gasteiger partial charge >= 0.3 is 0 Å². The summed E-state index contributed by atoms with van der Waals surface area (Å²) in [6, 6.07) is 8.65. The second-order valence-corrected chi connectivity index (χ2v) is 5.74. The highest BCUT2D eigenvalue weighted by Gasteiger charge is 2.21. The van der Waals surface area contributed by atoms with E-state index in [9.17, 15) is 4.79 Å². The van der Waals surface area contributed by atoms with Crippen LogP contribution in [-0.4, -0.2) is 17.0 Å². The van der Waals surface area contributed by atoms with Gasteiger partial charge in [0.25, 0.3) is 0 Å². The van der Waals surface area contributed by atoms with Crippen molar-refractivity contribution in [3.63, 3.8) is 0 Å². The Morgan fingerprint density at radius 3 is 2.95 bits per heavy atom. The number of fused-ring (bicyclic) bond motifs is 1. The summed E-state index contributed by atoms with van der Waals surface area (Å²) in [7, 11) is 0. The van der Waals surface area contributed by atoms with Crippen molar-refractivity contribution in [2.24, 2.45) is 5.92 Å². The monoisotopic (exact) mass is 270 g/mol. The second-order valence-electron chi connectivity index (χ2n) is 5.74. The molecule has 1 heterocycles. The fourth-order valence-corrected chi connectivity index (χ4v) is 2.59. The summed E-state index contributed by atoms with van der Waals surface area (Å²) in [5.74, 6) is 0.936. The molecule has 0 spiro atoms. The molecule has 0 bridgehead atoms. The highest BCUT2D eigenvalue weighted by Crippen LogP contribution is 2.27. The quantitative estimate of drug-likeness (QED) is 0.859. The van der Waals surface area contributed by atoms with Gasteiger partial charge in [-0.3, -0.25) is 4.79 Å². The van der Waals surface area contributed by atoms with Crippen molar-refractivity contribution in [3.8, 4) is 0 Å². The molecule has 1 aromatic heterocycles. The Hall–Kier alpha value is -1.77. The van der Waals surface area contributed by atoms with Crippen LogP contribution >= 0.6 is 0 Å². The predicted molar refractivity (Wildman–Crippen MR) is 81.7 cm³/mol. The van der Waals surface area contributed by atoms with Crippen LogP contribution in [0, 0.1) is 5.92 Å². The van der Waals surface area contributed by atoms with E-state index in [1.165, 1.54) is 29.3 Å². The third-order valence-corrected chi connectivity index (χ3v) is 4.10. The van der Waals surface area contributed by atoms with Crippen molar-refractivity contribution >= 4 is 16.8 Å². The third-order valence-electron chi connectivity index (χ3n) is 4.10. The lowest BCUT2D eigenvalue weighted by atomic mass is 10.1. The molecule has 3 heteroatoms. The summed E-state index contributed by atoms with van der Waals surface area (Å²) >= 11 is 0. The van der Waals surface area contributed by atoms with Crippen LogP contribution in [0.25, 0.3) is 10.9 Å². The molecule has 3 nitrogen and oxygen atoms in total. The number of aryl methyl sites for hydroxylation is 2. The third kappa shape index (κ3) is 3.03. The molecule has 106 valence electrons. The van der Waals surface area contributed by atoms with Gasteiger partial charge in [-0.1, -0.05) is 12.1 Å². The van der Waals surface area contributed by atoms with Crippen molar-refractivity contribution in [2.45, 2.75) is 39.2 Å². The van der Waals surface area contributed by atoms with Gasteiger partial charge in [-0.25, -0.2) is 0 Å². The molecule has 0 radical (unpaired) electrons. The van der Waals surface area contributed by atoms with Crippen LogP contribution < -0.4 is 5.32 Å². The van der Waals surface area contributed by atoms with Gasteiger partial charge in [0.15, 0.2) is 0 Å². The predicted octanol–water partition coefficient (Wildman–Crippen LogP) is 3.12. The Labute approximate surface area is 120 Å². The van der Waals surface area contributed by atoms with Crippen LogP contribution in [0.5, 0.6) is 0 Å². The largest absolute Gasteiger partial charge is 0.356 e. The summed E-state index contributed by atoms with van der Waals surface area (Å²) in [6.45, 7) is 4.00. The number of hydrogen-bond donors (Lipinski definition) is 1. The van der Waals surface area contributed by atoms with Gasteiger partial charge in [0.05, 0.1) is 0 Å². The van der Waals surface area contributed by atoms with E-state index in [-0.39, 0.29) is 5.91 Å². The smallest absolute Gasteiger partial charge is 0.220 e. The van der Waals surface area contributed by atoms with Crippen molar-refractivity contribution in [1.29, 1.82) is 0 Å². The normalized spacial score (nSPS) is 14.7. The summed E-state index contributed by atoms with van der Waals surface area (Å²) in [6.07, 6.45) is 6.10. The molecule has 1 N–H and O–H groups in total. The van der Waals surface area contributed by atoms with Gasteiger partial charge in [0.1, 0.15) is 0 Å². The molecule has 3 rings (SSSR count). The second kappa shape index (κ2) is 5.70. The number of nitrogens with zero attached hydrogens (tertiary/aromatic N) is 1. The molecule has 1 aliphatic carbocycles. The van der Waals surface area contributed by atoms with Gasteiger partial charge in [-0.05, 0) is 55.2 Å². The van der Waals surface area contributed by atoms with Crippen molar-refractivity contribution in [3.05, 3.63) is 36.0 Å². The number of rotatable bonds is 6. The van der Waals surface area contributed by atoms with E-state index in [0.717, 1.165) is 25.4 Å². The van der Waals surface area contributed by atoms with E-state index in [4.69, 9.17) is 0 Å². The first-order chi connectivity index (χ1) is 9.76. The van der Waals surface area contributed by atoms with Gasteiger partial charge in [0, 0.05) is 31.2 Å². The summed E-state index contributed by atoms with van der Waals surface area (Å²) in [4.78, 5) is 11.8. The Balaban J connectivity index is 1.60. The molecule has 1 aromatic carbocycles. The zero-order valence-electron chi connectivity index (χ0n) is 12.1. The Bertz CT molecular complexity index is 610. The lowest BCUT2D eigenvalue weighted by molar-refractivity contribution is -0.121. The number of hydrogen-bond acceptors (Lipinski definition) is 1. The number of carbonyl (C=O) groups is 1. The van der Waals surface area contributed by atoms with Crippen LogP contribution in [0.2, 0.25) is 0 Å². The standard InChI is InChI=1S/C17H22N2O/c1-2-19-10-9-15-7-5-13(11-16(15)19)6-8-17(20)18-12-14-3-4-14/h5,7,9-11,14H,2-4,6,8,12H2,1H3,(H,18,20). The van der Waals surface area contributed by atoms with E-state index >= 15 is 0 Å². The lowest BCUT2D eigenvalue weighted by Gasteiger charge is -2.06. The van der Waals surface area contributed by atoms with Crippen LogP contribution in [0.15, 0.2) is 30.5 Å². The molecular formula is C17H22N2O. The maximum Gasteiger partial charge on any atom is 0.220 e. The minimum absolute atomic E-state index is 0.183. The van der Waals surface area contributed by atoms with Crippen LogP contribution in [0.4, 0.5) is 0 Å². The average molecular weight is 270 g/mol. The lowest BCUT2D eigenvalue weighted by Crippen LogP contribution is -2.25. The molecular weight excluding hydrogens is 248 g/mol. The maximum absolute atomic E-state index is 11.8. The van der Waals surface area contributed by atoms with E-state index in [2.05, 4.69) is 47.3 Å². The highest BCUT2D eigenvalue weighted by molar-refractivity contribution is 5.81. The molecule has 0 atom stereocenters. The van der Waals surface area contributed by atoms with Gasteiger partial charge in [-0.2, -0.15) is 0 Å². The molecule has 0 unspecified atom stereocenters. The van der Waals surface area contributed by atoms with E-state index < -0.39 is 0 Å². The van der Waals surface area contributed by atoms with Crippen LogP contribution in [0.3, 0.4) is 0 Å². The molecule has 1 saturated carbocycles. The Morgan fingerprint density at radius 1 is 1.35 bits per heavy atom. The zero-order valence-corrected chi connectivity index (χ0v) is 12.1. The first-order valence-electron chi connectivity index (χ1n) is 7.60. The van der Waals surface area contributed by atoms with E-state index in [0.29, 0.717) is 6.42 Å². The van der Waals surface area contributed by atoms with Gasteiger partial charge < -0.3 is 9.88 Å². The van der Waals surface area contributed by atoms with E-state index in [1.807, 2.05) is 0 Å². The maximum atomic E-state index is 11.8. The highest BCUT2D eigenvalue weighted by atomic mass is 16.1. The summed E-state index contributed by atoms with van der Waals surface area (Å²) in [5, 5.41) is 4.30. The summed E-state index contributed by atoms with van der Waals surface area (Å²) in [5.41, 5.74) is 2.51. The minimum Gasteiger partial charge on any atom is -0.356 e.